The number of aromatic nitrogens is 2. The summed E-state index contributed by atoms with van der Waals surface area (Å²) in [6.07, 6.45) is 1.83. The van der Waals surface area contributed by atoms with E-state index in [0.717, 1.165) is 17.4 Å². The normalized spacial score (nSPS) is 18.4. The van der Waals surface area contributed by atoms with Crippen LogP contribution in [-0.4, -0.2) is 49.0 Å². The minimum absolute atomic E-state index is 0.190. The molecule has 0 aliphatic carbocycles. The second-order valence-electron chi connectivity index (χ2n) is 9.38. The van der Waals surface area contributed by atoms with Gasteiger partial charge in [0.25, 0.3) is 0 Å². The summed E-state index contributed by atoms with van der Waals surface area (Å²) in [7, 11) is -1.33. The van der Waals surface area contributed by atoms with Gasteiger partial charge in [-0.1, -0.05) is 19.6 Å². The number of amides is 2. The standard InChI is InChI=1S/C21H28FN5O3Si/c1-14(28)23-9-17-11-26(21(29)30-17)16-5-6-19(18(22)7-16)25-10-15-8-24-27(20(15)12-25)13-31(2,3)4/h5-8,17H,9-13H2,1-4H3,(H,23,28)/t17-/m0/s1. The quantitative estimate of drug-likeness (QED) is 0.692. The van der Waals surface area contributed by atoms with Crippen molar-refractivity contribution in [3.05, 3.63) is 41.5 Å². The Kier molecular flexibility index (Phi) is 5.50. The fourth-order valence-corrected chi connectivity index (χ4v) is 5.15. The summed E-state index contributed by atoms with van der Waals surface area (Å²) in [5.74, 6) is -0.574. The molecule has 0 radical (unpaired) electrons. The Morgan fingerprint density at radius 2 is 2.10 bits per heavy atom. The van der Waals surface area contributed by atoms with E-state index >= 15 is 4.39 Å². The van der Waals surface area contributed by atoms with Crippen LogP contribution in [0.15, 0.2) is 24.4 Å². The van der Waals surface area contributed by atoms with Gasteiger partial charge >= 0.3 is 6.09 Å². The van der Waals surface area contributed by atoms with Gasteiger partial charge in [-0.3, -0.25) is 14.4 Å². The van der Waals surface area contributed by atoms with Crippen LogP contribution >= 0.6 is 0 Å². The zero-order valence-corrected chi connectivity index (χ0v) is 19.3. The van der Waals surface area contributed by atoms with Gasteiger partial charge in [0.2, 0.25) is 5.91 Å². The van der Waals surface area contributed by atoms with Crippen molar-refractivity contribution in [3.8, 4) is 0 Å². The number of hydrogen-bond acceptors (Lipinski definition) is 5. The van der Waals surface area contributed by atoms with E-state index in [0.29, 0.717) is 24.5 Å². The first-order valence-corrected chi connectivity index (χ1v) is 14.1. The summed E-state index contributed by atoms with van der Waals surface area (Å²) < 4.78 is 22.4. The highest BCUT2D eigenvalue weighted by molar-refractivity contribution is 6.74. The molecule has 1 saturated heterocycles. The van der Waals surface area contributed by atoms with Crippen molar-refractivity contribution in [2.75, 3.05) is 22.9 Å². The van der Waals surface area contributed by atoms with Crippen LogP contribution < -0.4 is 15.1 Å². The summed E-state index contributed by atoms with van der Waals surface area (Å²) in [6.45, 7) is 10.0. The Labute approximate surface area is 182 Å². The van der Waals surface area contributed by atoms with E-state index in [9.17, 15) is 9.59 Å². The van der Waals surface area contributed by atoms with Crippen molar-refractivity contribution < 1.29 is 18.7 Å². The van der Waals surface area contributed by atoms with Gasteiger partial charge in [0.1, 0.15) is 11.9 Å². The number of nitrogens with one attached hydrogen (secondary N) is 1. The molecule has 166 valence electrons. The van der Waals surface area contributed by atoms with Crippen LogP contribution in [0, 0.1) is 5.82 Å². The van der Waals surface area contributed by atoms with Crippen molar-refractivity contribution in [1.82, 2.24) is 15.1 Å². The highest BCUT2D eigenvalue weighted by Crippen LogP contribution is 2.33. The van der Waals surface area contributed by atoms with Crippen LogP contribution in [0.3, 0.4) is 0 Å². The van der Waals surface area contributed by atoms with Gasteiger partial charge in [-0.25, -0.2) is 9.18 Å². The minimum atomic E-state index is -1.33. The lowest BCUT2D eigenvalue weighted by Crippen LogP contribution is -2.33. The van der Waals surface area contributed by atoms with E-state index in [-0.39, 0.29) is 24.8 Å². The average molecular weight is 446 g/mol. The van der Waals surface area contributed by atoms with E-state index in [1.54, 1.807) is 12.1 Å². The fraction of sp³-hybridized carbons (Fsp3) is 0.476. The van der Waals surface area contributed by atoms with E-state index in [4.69, 9.17) is 4.74 Å². The molecule has 0 spiro atoms. The van der Waals surface area contributed by atoms with Crippen LogP contribution in [0.2, 0.25) is 19.6 Å². The second-order valence-corrected chi connectivity index (χ2v) is 14.8. The summed E-state index contributed by atoms with van der Waals surface area (Å²) in [6, 6.07) is 4.81. The molecule has 2 aliphatic heterocycles. The molecule has 0 bridgehead atoms. The number of carbonyl (C=O) groups excluding carboxylic acids is 2. The first kappa shape index (κ1) is 21.4. The largest absolute Gasteiger partial charge is 0.442 e. The maximum absolute atomic E-state index is 15.0. The van der Waals surface area contributed by atoms with E-state index in [1.165, 1.54) is 17.9 Å². The molecule has 1 aromatic carbocycles. The first-order chi connectivity index (χ1) is 14.6. The minimum Gasteiger partial charge on any atom is -0.442 e. The zero-order chi connectivity index (χ0) is 22.3. The van der Waals surface area contributed by atoms with Crippen LogP contribution in [0.25, 0.3) is 0 Å². The van der Waals surface area contributed by atoms with Crippen molar-refractivity contribution in [2.45, 2.75) is 51.9 Å². The highest BCUT2D eigenvalue weighted by Gasteiger charge is 2.33. The number of hydrogen-bond donors (Lipinski definition) is 1. The number of rotatable bonds is 6. The fourth-order valence-electron chi connectivity index (χ4n) is 3.98. The third-order valence-corrected chi connectivity index (χ3v) is 6.65. The number of fused-ring (bicyclic) bond motifs is 1. The topological polar surface area (TPSA) is 79.7 Å². The summed E-state index contributed by atoms with van der Waals surface area (Å²) >= 11 is 0. The second kappa shape index (κ2) is 7.99. The van der Waals surface area contributed by atoms with Gasteiger partial charge in [0.05, 0.1) is 51.0 Å². The third-order valence-electron chi connectivity index (χ3n) is 5.40. The Morgan fingerprint density at radius 1 is 1.32 bits per heavy atom. The number of nitrogens with zero attached hydrogens (tertiary/aromatic N) is 4. The van der Waals surface area contributed by atoms with Crippen LogP contribution in [0.5, 0.6) is 0 Å². The van der Waals surface area contributed by atoms with Gasteiger partial charge in [-0.05, 0) is 18.2 Å². The monoisotopic (exact) mass is 445 g/mol. The molecule has 10 heteroatoms. The molecule has 3 heterocycles. The highest BCUT2D eigenvalue weighted by atomic mass is 28.3. The predicted octanol–water partition coefficient (Wildman–Crippen LogP) is 2.88. The summed E-state index contributed by atoms with van der Waals surface area (Å²) in [5, 5.41) is 7.16. The molecular weight excluding hydrogens is 417 g/mol. The van der Waals surface area contributed by atoms with Gasteiger partial charge in [0, 0.05) is 25.2 Å². The number of cyclic esters (lactones) is 1. The van der Waals surface area contributed by atoms with E-state index < -0.39 is 20.3 Å². The van der Waals surface area contributed by atoms with Crippen LogP contribution in [0.1, 0.15) is 18.2 Å². The van der Waals surface area contributed by atoms with Gasteiger partial charge in [-0.15, -0.1) is 0 Å². The van der Waals surface area contributed by atoms with Crippen molar-refractivity contribution in [1.29, 1.82) is 0 Å². The Morgan fingerprint density at radius 3 is 2.77 bits per heavy atom. The average Bonchev–Trinajstić information content (AvgIpc) is 3.34. The molecule has 8 nitrogen and oxygen atoms in total. The predicted molar refractivity (Wildman–Crippen MR) is 118 cm³/mol. The molecule has 1 atom stereocenters. The van der Waals surface area contributed by atoms with Gasteiger partial charge < -0.3 is 15.0 Å². The maximum Gasteiger partial charge on any atom is 0.414 e. The smallest absolute Gasteiger partial charge is 0.414 e. The molecule has 2 aliphatic rings. The van der Waals surface area contributed by atoms with Crippen molar-refractivity contribution >= 4 is 31.4 Å². The first-order valence-electron chi connectivity index (χ1n) is 10.4. The molecule has 4 rings (SSSR count). The number of anilines is 2. The number of benzene rings is 1. The number of ether oxygens (including phenoxy) is 1. The molecule has 31 heavy (non-hydrogen) atoms. The van der Waals surface area contributed by atoms with Crippen molar-refractivity contribution in [3.63, 3.8) is 0 Å². The molecular formula is C21H28FN5O3Si. The molecule has 1 fully saturated rings. The number of carbonyl (C=O) groups is 2. The van der Waals surface area contributed by atoms with Gasteiger partial charge in [0.15, 0.2) is 0 Å². The SMILES string of the molecule is CC(=O)NC[C@H]1CN(c2ccc(N3Cc4cnn(C[Si](C)(C)C)c4C3)c(F)c2)C(=O)O1. The Bertz CT molecular complexity index is 1020. The maximum atomic E-state index is 15.0. The lowest BCUT2D eigenvalue weighted by Gasteiger charge is -2.22. The molecule has 0 saturated carbocycles. The van der Waals surface area contributed by atoms with Crippen molar-refractivity contribution in [2.24, 2.45) is 0 Å². The summed E-state index contributed by atoms with van der Waals surface area (Å²) in [4.78, 5) is 26.7. The Hall–Kier alpha value is -2.88. The molecule has 0 unspecified atom stereocenters. The van der Waals surface area contributed by atoms with Crippen LogP contribution in [0.4, 0.5) is 20.6 Å². The molecule has 2 amide bonds. The third kappa shape index (κ3) is 4.58. The van der Waals surface area contributed by atoms with E-state index in [1.807, 2.05) is 11.1 Å². The lowest BCUT2D eigenvalue weighted by molar-refractivity contribution is -0.119. The van der Waals surface area contributed by atoms with Gasteiger partial charge in [-0.2, -0.15) is 5.10 Å². The van der Waals surface area contributed by atoms with E-state index in [2.05, 4.69) is 34.7 Å². The number of halogens is 1. The molecule has 1 aromatic heterocycles. The molecule has 2 aromatic rings. The molecule has 1 N–H and O–H groups in total. The lowest BCUT2D eigenvalue weighted by atomic mass is 10.2. The van der Waals surface area contributed by atoms with Crippen LogP contribution in [-0.2, 0) is 28.8 Å². The summed E-state index contributed by atoms with van der Waals surface area (Å²) in [5.41, 5.74) is 3.22. The Balaban J connectivity index is 1.46. The zero-order valence-electron chi connectivity index (χ0n) is 18.3.